The fourth-order valence-corrected chi connectivity index (χ4v) is 2.91. The number of hydrogen-bond donors (Lipinski definition) is 1. The van der Waals surface area contributed by atoms with Crippen LogP contribution in [0, 0.1) is 11.3 Å². The van der Waals surface area contributed by atoms with Crippen LogP contribution in [0.25, 0.3) is 33.4 Å². The van der Waals surface area contributed by atoms with Crippen LogP contribution in [-0.4, -0.2) is 4.98 Å². The standard InChI is InChI=1S/C21H13N3O2/c22-12-17-16(13-6-2-1-3-7-13)11-18(24-20(17)23)19-10-14-8-4-5-9-15(14)21(25)26-19/h1-11H,(H2,23,24). The minimum absolute atomic E-state index is 0.0969. The molecule has 0 bridgehead atoms. The molecule has 0 spiro atoms. The van der Waals surface area contributed by atoms with E-state index in [1.165, 1.54) is 0 Å². The predicted molar refractivity (Wildman–Crippen MR) is 100 cm³/mol. The SMILES string of the molecule is N#Cc1c(-c2ccccc2)cc(-c2cc3ccccc3c(=O)o2)nc1N. The summed E-state index contributed by atoms with van der Waals surface area (Å²) in [7, 11) is 0. The van der Waals surface area contributed by atoms with E-state index in [1.54, 1.807) is 24.3 Å². The Hall–Kier alpha value is -3.91. The van der Waals surface area contributed by atoms with Crippen LogP contribution in [0.3, 0.4) is 0 Å². The molecule has 5 heteroatoms. The molecule has 0 aliphatic heterocycles. The molecule has 2 aromatic heterocycles. The van der Waals surface area contributed by atoms with Gasteiger partial charge in [0.05, 0.1) is 5.39 Å². The number of rotatable bonds is 2. The van der Waals surface area contributed by atoms with Crippen LogP contribution in [0.4, 0.5) is 5.82 Å². The van der Waals surface area contributed by atoms with Crippen molar-refractivity contribution < 1.29 is 4.42 Å². The summed E-state index contributed by atoms with van der Waals surface area (Å²) in [6.45, 7) is 0. The molecule has 2 N–H and O–H groups in total. The number of nitrogens with zero attached hydrogens (tertiary/aromatic N) is 2. The Bertz CT molecular complexity index is 1220. The summed E-state index contributed by atoms with van der Waals surface area (Å²) in [6.07, 6.45) is 0. The van der Waals surface area contributed by atoms with Crippen molar-refractivity contribution in [2.24, 2.45) is 0 Å². The number of hydrogen-bond acceptors (Lipinski definition) is 5. The van der Waals surface area contributed by atoms with E-state index in [4.69, 9.17) is 10.2 Å². The molecular weight excluding hydrogens is 326 g/mol. The van der Waals surface area contributed by atoms with Crippen molar-refractivity contribution in [3.8, 4) is 28.7 Å². The summed E-state index contributed by atoms with van der Waals surface area (Å²) in [5.74, 6) is 0.404. The second kappa shape index (κ2) is 6.19. The van der Waals surface area contributed by atoms with E-state index < -0.39 is 5.63 Å². The van der Waals surface area contributed by atoms with E-state index in [9.17, 15) is 10.1 Å². The van der Waals surface area contributed by atoms with Crippen molar-refractivity contribution in [1.29, 1.82) is 5.26 Å². The number of pyridine rings is 1. The minimum atomic E-state index is -0.441. The van der Waals surface area contributed by atoms with Gasteiger partial charge in [-0.1, -0.05) is 48.5 Å². The largest absolute Gasteiger partial charge is 0.421 e. The Morgan fingerprint density at radius 2 is 1.73 bits per heavy atom. The molecule has 5 nitrogen and oxygen atoms in total. The fourth-order valence-electron chi connectivity index (χ4n) is 2.91. The van der Waals surface area contributed by atoms with Gasteiger partial charge in [0.1, 0.15) is 23.1 Å². The smallest absolute Gasteiger partial charge is 0.344 e. The number of aromatic nitrogens is 1. The number of nitriles is 1. The zero-order valence-corrected chi connectivity index (χ0v) is 13.6. The summed E-state index contributed by atoms with van der Waals surface area (Å²) >= 11 is 0. The average Bonchev–Trinajstić information content (AvgIpc) is 2.68. The van der Waals surface area contributed by atoms with Crippen LogP contribution >= 0.6 is 0 Å². The van der Waals surface area contributed by atoms with E-state index in [1.807, 2.05) is 42.5 Å². The third kappa shape index (κ3) is 2.60. The maximum Gasteiger partial charge on any atom is 0.344 e. The third-order valence-electron chi connectivity index (χ3n) is 4.17. The van der Waals surface area contributed by atoms with Gasteiger partial charge < -0.3 is 10.2 Å². The van der Waals surface area contributed by atoms with Crippen LogP contribution in [0.2, 0.25) is 0 Å². The van der Waals surface area contributed by atoms with E-state index in [-0.39, 0.29) is 5.82 Å². The van der Waals surface area contributed by atoms with E-state index >= 15 is 0 Å². The van der Waals surface area contributed by atoms with Crippen LogP contribution in [0.5, 0.6) is 0 Å². The van der Waals surface area contributed by atoms with E-state index in [0.29, 0.717) is 28.0 Å². The molecule has 4 aromatic rings. The van der Waals surface area contributed by atoms with Gasteiger partial charge in [0, 0.05) is 5.56 Å². The summed E-state index contributed by atoms with van der Waals surface area (Å²) in [5, 5.41) is 10.7. The Balaban J connectivity index is 1.98. The lowest BCUT2D eigenvalue weighted by molar-refractivity contribution is 0.533. The van der Waals surface area contributed by atoms with Crippen molar-refractivity contribution in [3.05, 3.63) is 82.7 Å². The highest BCUT2D eigenvalue weighted by Gasteiger charge is 2.15. The summed E-state index contributed by atoms with van der Waals surface area (Å²) in [4.78, 5) is 16.5. The van der Waals surface area contributed by atoms with Gasteiger partial charge in [-0.3, -0.25) is 0 Å². The Morgan fingerprint density at radius 3 is 2.50 bits per heavy atom. The van der Waals surface area contributed by atoms with Crippen molar-refractivity contribution in [3.63, 3.8) is 0 Å². The molecule has 0 fully saturated rings. The van der Waals surface area contributed by atoms with Gasteiger partial charge in [0.25, 0.3) is 0 Å². The number of fused-ring (bicyclic) bond motifs is 1. The summed E-state index contributed by atoms with van der Waals surface area (Å²) in [5.41, 5.74) is 7.74. The van der Waals surface area contributed by atoms with Gasteiger partial charge >= 0.3 is 5.63 Å². The van der Waals surface area contributed by atoms with Crippen molar-refractivity contribution in [1.82, 2.24) is 4.98 Å². The molecule has 0 amide bonds. The van der Waals surface area contributed by atoms with Crippen LogP contribution in [-0.2, 0) is 0 Å². The van der Waals surface area contributed by atoms with Crippen molar-refractivity contribution in [2.45, 2.75) is 0 Å². The normalized spacial score (nSPS) is 10.6. The highest BCUT2D eigenvalue weighted by atomic mass is 16.4. The quantitative estimate of drug-likeness (QED) is 0.596. The number of benzene rings is 2. The molecule has 2 heterocycles. The topological polar surface area (TPSA) is 92.9 Å². The lowest BCUT2D eigenvalue weighted by Crippen LogP contribution is -2.03. The highest BCUT2D eigenvalue weighted by molar-refractivity contribution is 5.85. The zero-order valence-electron chi connectivity index (χ0n) is 13.6. The second-order valence-electron chi connectivity index (χ2n) is 5.78. The summed E-state index contributed by atoms with van der Waals surface area (Å²) < 4.78 is 5.44. The van der Waals surface area contributed by atoms with Crippen molar-refractivity contribution in [2.75, 3.05) is 5.73 Å². The first-order valence-electron chi connectivity index (χ1n) is 7.96. The second-order valence-corrected chi connectivity index (χ2v) is 5.78. The molecule has 2 aromatic carbocycles. The first-order chi connectivity index (χ1) is 12.7. The average molecular weight is 339 g/mol. The maximum absolute atomic E-state index is 12.3. The molecule has 0 atom stereocenters. The lowest BCUT2D eigenvalue weighted by Gasteiger charge is -2.10. The van der Waals surface area contributed by atoms with Gasteiger partial charge in [-0.25, -0.2) is 9.78 Å². The Morgan fingerprint density at radius 1 is 1.00 bits per heavy atom. The van der Waals surface area contributed by atoms with E-state index in [2.05, 4.69) is 11.1 Å². The molecule has 0 aliphatic rings. The van der Waals surface area contributed by atoms with Gasteiger partial charge in [0.15, 0.2) is 5.76 Å². The van der Waals surface area contributed by atoms with Gasteiger partial charge in [-0.2, -0.15) is 5.26 Å². The van der Waals surface area contributed by atoms with Gasteiger partial charge in [-0.15, -0.1) is 0 Å². The third-order valence-corrected chi connectivity index (χ3v) is 4.17. The van der Waals surface area contributed by atoms with Gasteiger partial charge in [-0.05, 0) is 29.1 Å². The molecule has 124 valence electrons. The molecule has 0 saturated carbocycles. The highest BCUT2D eigenvalue weighted by Crippen LogP contribution is 2.31. The molecular formula is C21H13N3O2. The van der Waals surface area contributed by atoms with Crippen LogP contribution in [0.15, 0.2) is 75.9 Å². The van der Waals surface area contributed by atoms with Crippen LogP contribution in [0.1, 0.15) is 5.56 Å². The number of nitrogen functional groups attached to an aromatic ring is 1. The van der Waals surface area contributed by atoms with Crippen LogP contribution < -0.4 is 11.4 Å². The first kappa shape index (κ1) is 15.6. The Labute approximate surface area is 149 Å². The molecule has 4 rings (SSSR count). The fraction of sp³-hybridized carbons (Fsp3) is 0. The molecule has 0 saturated heterocycles. The monoisotopic (exact) mass is 339 g/mol. The molecule has 0 unspecified atom stereocenters. The summed E-state index contributed by atoms with van der Waals surface area (Å²) in [6, 6.07) is 22.2. The molecule has 0 aliphatic carbocycles. The zero-order chi connectivity index (χ0) is 18.1. The molecule has 0 radical (unpaired) electrons. The molecule has 26 heavy (non-hydrogen) atoms. The first-order valence-corrected chi connectivity index (χ1v) is 7.96. The minimum Gasteiger partial charge on any atom is -0.421 e. The lowest BCUT2D eigenvalue weighted by atomic mass is 9.99. The number of nitrogens with two attached hydrogens (primary N) is 1. The number of anilines is 1. The van der Waals surface area contributed by atoms with E-state index in [0.717, 1.165) is 10.9 Å². The van der Waals surface area contributed by atoms with Crippen molar-refractivity contribution >= 4 is 16.6 Å². The van der Waals surface area contributed by atoms with Gasteiger partial charge in [0.2, 0.25) is 0 Å². The maximum atomic E-state index is 12.3. The predicted octanol–water partition coefficient (Wildman–Crippen LogP) is 3.98. The Kier molecular flexibility index (Phi) is 3.71.